The van der Waals surface area contributed by atoms with E-state index in [1.165, 1.54) is 0 Å². The van der Waals surface area contributed by atoms with Gasteiger partial charge in [-0.15, -0.1) is 0 Å². The van der Waals surface area contributed by atoms with Crippen LogP contribution in [0.5, 0.6) is 0 Å². The molecule has 1 N–H and O–H groups in total. The predicted octanol–water partition coefficient (Wildman–Crippen LogP) is 1.14. The van der Waals surface area contributed by atoms with E-state index < -0.39 is 6.10 Å². The van der Waals surface area contributed by atoms with Crippen molar-refractivity contribution >= 4 is 16.8 Å². The molecule has 20 heavy (non-hydrogen) atoms. The summed E-state index contributed by atoms with van der Waals surface area (Å²) in [5, 5.41) is 9.97. The maximum Gasteiger partial charge on any atom is 0.167 e. The zero-order chi connectivity index (χ0) is 13.7. The Kier molecular flexibility index (Phi) is 2.51. The summed E-state index contributed by atoms with van der Waals surface area (Å²) in [6.07, 6.45) is 7.57. The Labute approximate surface area is 114 Å². The Morgan fingerprint density at radius 2 is 2.20 bits per heavy atom. The fraction of sp³-hybridized carbons (Fsp3) is 0.462. The maximum absolute atomic E-state index is 9.97. The van der Waals surface area contributed by atoms with Gasteiger partial charge in [0.25, 0.3) is 0 Å². The van der Waals surface area contributed by atoms with Gasteiger partial charge in [-0.05, 0) is 6.42 Å². The van der Waals surface area contributed by atoms with Gasteiger partial charge in [-0.1, -0.05) is 6.92 Å². The molecule has 3 aromatic rings. The predicted molar refractivity (Wildman–Crippen MR) is 71.1 cm³/mol. The first-order chi connectivity index (χ1) is 9.78. The molecule has 3 unspecified atom stereocenters. The summed E-state index contributed by atoms with van der Waals surface area (Å²) in [6.45, 7) is 2.01. The SMILES string of the molecule is CCC1OC(n2cnc3c2ncn2ccnc32)CC1O. The molecule has 0 aliphatic carbocycles. The lowest BCUT2D eigenvalue weighted by Crippen LogP contribution is -2.19. The van der Waals surface area contributed by atoms with Crippen molar-refractivity contribution in [2.75, 3.05) is 0 Å². The average molecular weight is 273 g/mol. The van der Waals surface area contributed by atoms with Gasteiger partial charge < -0.3 is 9.84 Å². The van der Waals surface area contributed by atoms with Crippen molar-refractivity contribution in [2.24, 2.45) is 0 Å². The largest absolute Gasteiger partial charge is 0.390 e. The molecule has 0 radical (unpaired) electrons. The van der Waals surface area contributed by atoms with Gasteiger partial charge in [-0.3, -0.25) is 8.97 Å². The van der Waals surface area contributed by atoms with Crippen LogP contribution in [-0.2, 0) is 4.74 Å². The van der Waals surface area contributed by atoms with Crippen molar-refractivity contribution < 1.29 is 9.84 Å². The quantitative estimate of drug-likeness (QED) is 0.757. The minimum absolute atomic E-state index is 0.118. The van der Waals surface area contributed by atoms with Crippen LogP contribution in [0.3, 0.4) is 0 Å². The molecule has 1 fully saturated rings. The Morgan fingerprint density at radius 1 is 1.30 bits per heavy atom. The van der Waals surface area contributed by atoms with Crippen molar-refractivity contribution in [1.29, 1.82) is 0 Å². The maximum atomic E-state index is 9.97. The van der Waals surface area contributed by atoms with E-state index in [1.54, 1.807) is 18.9 Å². The molecular formula is C13H15N5O2. The molecule has 0 bridgehead atoms. The fourth-order valence-corrected chi connectivity index (χ4v) is 2.81. The van der Waals surface area contributed by atoms with Crippen molar-refractivity contribution in [3.05, 3.63) is 25.0 Å². The molecule has 3 aromatic heterocycles. The van der Waals surface area contributed by atoms with E-state index in [1.807, 2.05) is 22.1 Å². The van der Waals surface area contributed by atoms with Gasteiger partial charge in [0.1, 0.15) is 12.6 Å². The van der Waals surface area contributed by atoms with E-state index in [2.05, 4.69) is 15.0 Å². The third-order valence-corrected chi connectivity index (χ3v) is 3.87. The Hall–Kier alpha value is -1.99. The standard InChI is InChI=1S/C13H15N5O2/c1-2-9-8(19)5-10(20-9)18-7-15-11-12-14-3-4-17(12)6-16-13(11)18/h3-4,6-10,19H,2,5H2,1H3. The van der Waals surface area contributed by atoms with Crippen molar-refractivity contribution in [2.45, 2.75) is 38.2 Å². The highest BCUT2D eigenvalue weighted by Crippen LogP contribution is 2.32. The minimum atomic E-state index is -0.433. The molecule has 3 atom stereocenters. The van der Waals surface area contributed by atoms with Gasteiger partial charge in [0.05, 0.1) is 18.5 Å². The monoisotopic (exact) mass is 273 g/mol. The van der Waals surface area contributed by atoms with Gasteiger partial charge in [-0.2, -0.15) is 0 Å². The van der Waals surface area contributed by atoms with Crippen LogP contribution in [-0.4, -0.2) is 41.2 Å². The summed E-state index contributed by atoms with van der Waals surface area (Å²) in [6, 6.07) is 0. The molecule has 0 aromatic carbocycles. The normalized spacial score (nSPS) is 26.8. The molecule has 4 heterocycles. The van der Waals surface area contributed by atoms with Crippen LogP contribution < -0.4 is 0 Å². The first-order valence-electron chi connectivity index (χ1n) is 6.75. The number of aliphatic hydroxyl groups is 1. The van der Waals surface area contributed by atoms with E-state index in [0.717, 1.165) is 23.2 Å². The van der Waals surface area contributed by atoms with Crippen LogP contribution >= 0.6 is 0 Å². The number of rotatable bonds is 2. The summed E-state index contributed by atoms with van der Waals surface area (Å²) in [4.78, 5) is 13.1. The minimum Gasteiger partial charge on any atom is -0.390 e. The molecule has 1 aliphatic rings. The van der Waals surface area contributed by atoms with E-state index in [-0.39, 0.29) is 12.3 Å². The second-order valence-electron chi connectivity index (χ2n) is 5.07. The zero-order valence-electron chi connectivity index (χ0n) is 11.0. The smallest absolute Gasteiger partial charge is 0.167 e. The molecule has 1 saturated heterocycles. The first kappa shape index (κ1) is 11.8. The number of fused-ring (bicyclic) bond motifs is 3. The topological polar surface area (TPSA) is 77.5 Å². The summed E-state index contributed by atoms with van der Waals surface area (Å²) in [5.41, 5.74) is 2.26. The molecule has 7 heteroatoms. The van der Waals surface area contributed by atoms with Gasteiger partial charge in [-0.25, -0.2) is 15.0 Å². The summed E-state index contributed by atoms with van der Waals surface area (Å²) >= 11 is 0. The lowest BCUT2D eigenvalue weighted by atomic mass is 10.1. The highest BCUT2D eigenvalue weighted by atomic mass is 16.5. The molecule has 0 amide bonds. The van der Waals surface area contributed by atoms with Crippen LogP contribution in [0.25, 0.3) is 16.8 Å². The molecule has 4 rings (SSSR count). The Morgan fingerprint density at radius 3 is 3.00 bits per heavy atom. The second kappa shape index (κ2) is 4.26. The molecule has 7 nitrogen and oxygen atoms in total. The lowest BCUT2D eigenvalue weighted by molar-refractivity contribution is -0.0183. The van der Waals surface area contributed by atoms with Crippen molar-refractivity contribution in [1.82, 2.24) is 23.9 Å². The molecule has 0 saturated carbocycles. The van der Waals surface area contributed by atoms with Crippen LogP contribution in [0.1, 0.15) is 26.0 Å². The molecule has 104 valence electrons. The number of hydrogen-bond acceptors (Lipinski definition) is 5. The highest BCUT2D eigenvalue weighted by Gasteiger charge is 2.34. The van der Waals surface area contributed by atoms with E-state index in [4.69, 9.17) is 4.74 Å². The third-order valence-electron chi connectivity index (χ3n) is 3.87. The summed E-state index contributed by atoms with van der Waals surface area (Å²) in [5.74, 6) is 0. The third kappa shape index (κ3) is 1.56. The second-order valence-corrected chi connectivity index (χ2v) is 5.07. The van der Waals surface area contributed by atoms with Gasteiger partial charge in [0.15, 0.2) is 16.8 Å². The molecule has 0 spiro atoms. The van der Waals surface area contributed by atoms with Crippen LogP contribution in [0.15, 0.2) is 25.0 Å². The Balaban J connectivity index is 1.81. The number of hydrogen-bond donors (Lipinski definition) is 1. The average Bonchev–Trinajstić information content (AvgIpc) is 3.13. The zero-order valence-corrected chi connectivity index (χ0v) is 11.0. The number of nitrogens with zero attached hydrogens (tertiary/aromatic N) is 5. The fourth-order valence-electron chi connectivity index (χ4n) is 2.81. The van der Waals surface area contributed by atoms with E-state index in [9.17, 15) is 5.11 Å². The number of aliphatic hydroxyl groups excluding tert-OH is 1. The van der Waals surface area contributed by atoms with Crippen LogP contribution in [0.4, 0.5) is 0 Å². The van der Waals surface area contributed by atoms with Crippen molar-refractivity contribution in [3.8, 4) is 0 Å². The lowest BCUT2D eigenvalue weighted by Gasteiger charge is -2.13. The van der Waals surface area contributed by atoms with Crippen molar-refractivity contribution in [3.63, 3.8) is 0 Å². The molecular weight excluding hydrogens is 258 g/mol. The molecule has 1 aliphatic heterocycles. The van der Waals surface area contributed by atoms with Crippen LogP contribution in [0, 0.1) is 0 Å². The van der Waals surface area contributed by atoms with Gasteiger partial charge in [0, 0.05) is 18.8 Å². The number of imidazole rings is 2. The number of ether oxygens (including phenoxy) is 1. The van der Waals surface area contributed by atoms with E-state index in [0.29, 0.717) is 6.42 Å². The van der Waals surface area contributed by atoms with Gasteiger partial charge in [0.2, 0.25) is 0 Å². The van der Waals surface area contributed by atoms with Crippen LogP contribution in [0.2, 0.25) is 0 Å². The Bertz CT molecular complexity index is 764. The van der Waals surface area contributed by atoms with E-state index >= 15 is 0 Å². The summed E-state index contributed by atoms with van der Waals surface area (Å²) < 4.78 is 9.58. The summed E-state index contributed by atoms with van der Waals surface area (Å²) in [7, 11) is 0. The highest BCUT2D eigenvalue weighted by molar-refractivity contribution is 5.85. The number of aromatic nitrogens is 5. The van der Waals surface area contributed by atoms with Gasteiger partial charge >= 0.3 is 0 Å². The first-order valence-corrected chi connectivity index (χ1v) is 6.75.